The highest BCUT2D eigenvalue weighted by Crippen LogP contribution is 2.15. The lowest BCUT2D eigenvalue weighted by Crippen LogP contribution is -2.27. The highest BCUT2D eigenvalue weighted by Gasteiger charge is 2.19. The second-order valence-electron chi connectivity index (χ2n) is 7.26. The third kappa shape index (κ3) is 5.44. The minimum atomic E-state index is -4.01. The summed E-state index contributed by atoms with van der Waals surface area (Å²) in [4.78, 5) is 20.1. The number of nitrogens with one attached hydrogen (secondary N) is 3. The molecule has 2 aromatic carbocycles. The van der Waals surface area contributed by atoms with Gasteiger partial charge >= 0.3 is 0 Å². The zero-order chi connectivity index (χ0) is 24.1. The first-order chi connectivity index (χ1) is 16.3. The molecule has 0 aliphatic rings. The summed E-state index contributed by atoms with van der Waals surface area (Å²) in [7, 11) is -4.01. The van der Waals surface area contributed by atoms with Crippen LogP contribution in [0, 0.1) is 12.7 Å². The lowest BCUT2D eigenvalue weighted by atomic mass is 10.1. The Balaban J connectivity index is 1.39. The number of nitrogens with zero attached hydrogens (tertiary/aromatic N) is 5. The number of hydrogen-bond donors (Lipinski definition) is 3. The van der Waals surface area contributed by atoms with Gasteiger partial charge in [0.1, 0.15) is 17.8 Å². The Bertz CT molecular complexity index is 1410. The molecule has 0 fully saturated rings. The standard InChI is InChI=1S/C21H19FN8O3S/c1-13-8-15(4-7-17(13)22)10-23-21(31)18-9-19(25-12-24-18)34(32,33)26-11-14-2-5-16(6-3-14)20-27-29-30-28-20/h2-9,12,26H,10-11H2,1H3,(H,23,31)(H,27,28,29,30). The quantitative estimate of drug-likeness (QED) is 0.319. The molecule has 3 N–H and O–H groups in total. The molecule has 11 nitrogen and oxygen atoms in total. The molecule has 0 aliphatic carbocycles. The summed E-state index contributed by atoms with van der Waals surface area (Å²) in [5.41, 5.74) is 2.46. The number of H-pyrrole nitrogens is 1. The van der Waals surface area contributed by atoms with Crippen LogP contribution >= 0.6 is 0 Å². The number of carbonyl (C=O) groups is 1. The van der Waals surface area contributed by atoms with Gasteiger partial charge in [0.25, 0.3) is 15.9 Å². The summed E-state index contributed by atoms with van der Waals surface area (Å²) in [6.45, 7) is 1.76. The van der Waals surface area contributed by atoms with Crippen molar-refractivity contribution in [3.8, 4) is 11.4 Å². The molecule has 4 aromatic rings. The van der Waals surface area contributed by atoms with Crippen LogP contribution in [-0.4, -0.2) is 44.9 Å². The fourth-order valence-electron chi connectivity index (χ4n) is 3.01. The first-order valence-electron chi connectivity index (χ1n) is 9.99. The van der Waals surface area contributed by atoms with Gasteiger partial charge in [-0.15, -0.1) is 10.2 Å². The van der Waals surface area contributed by atoms with E-state index in [9.17, 15) is 17.6 Å². The average Bonchev–Trinajstić information content (AvgIpc) is 3.39. The van der Waals surface area contributed by atoms with Crippen molar-refractivity contribution in [2.24, 2.45) is 0 Å². The van der Waals surface area contributed by atoms with Crippen LogP contribution in [0.5, 0.6) is 0 Å². The molecule has 0 radical (unpaired) electrons. The molecule has 0 spiro atoms. The van der Waals surface area contributed by atoms with E-state index in [1.807, 2.05) is 0 Å². The third-order valence-electron chi connectivity index (χ3n) is 4.85. The van der Waals surface area contributed by atoms with E-state index in [0.29, 0.717) is 22.5 Å². The second kappa shape index (κ2) is 9.80. The molecule has 0 atom stereocenters. The maximum absolute atomic E-state index is 13.4. The Hall–Kier alpha value is -4.10. The predicted molar refractivity (Wildman–Crippen MR) is 118 cm³/mol. The van der Waals surface area contributed by atoms with Gasteiger partial charge < -0.3 is 5.32 Å². The molecule has 0 saturated carbocycles. The molecule has 4 rings (SSSR count). The van der Waals surface area contributed by atoms with Crippen LogP contribution < -0.4 is 10.0 Å². The van der Waals surface area contributed by atoms with Crippen LogP contribution in [0.1, 0.15) is 27.2 Å². The second-order valence-corrected chi connectivity index (χ2v) is 8.98. The van der Waals surface area contributed by atoms with Crippen LogP contribution in [0.4, 0.5) is 4.39 Å². The Kier molecular flexibility index (Phi) is 6.65. The van der Waals surface area contributed by atoms with E-state index in [4.69, 9.17) is 0 Å². The number of amides is 1. The number of hydrogen-bond acceptors (Lipinski definition) is 8. The van der Waals surface area contributed by atoms with Gasteiger partial charge in [-0.05, 0) is 34.9 Å². The van der Waals surface area contributed by atoms with Gasteiger partial charge in [0, 0.05) is 24.7 Å². The maximum atomic E-state index is 13.4. The number of aromatic amines is 1. The zero-order valence-electron chi connectivity index (χ0n) is 17.9. The van der Waals surface area contributed by atoms with Gasteiger partial charge in [-0.1, -0.05) is 36.4 Å². The number of benzene rings is 2. The third-order valence-corrected chi connectivity index (χ3v) is 6.15. The highest BCUT2D eigenvalue weighted by atomic mass is 32.2. The number of carbonyl (C=O) groups excluding carboxylic acids is 1. The van der Waals surface area contributed by atoms with E-state index in [-0.39, 0.29) is 29.6 Å². The van der Waals surface area contributed by atoms with Gasteiger partial charge in [-0.3, -0.25) is 4.79 Å². The number of sulfonamides is 1. The maximum Gasteiger partial charge on any atom is 0.270 e. The number of aromatic nitrogens is 6. The van der Waals surface area contributed by atoms with E-state index in [2.05, 4.69) is 40.6 Å². The molecule has 0 unspecified atom stereocenters. The molecule has 174 valence electrons. The van der Waals surface area contributed by atoms with E-state index in [1.165, 1.54) is 6.07 Å². The number of halogens is 1. The number of aryl methyl sites for hydroxylation is 1. The fourth-order valence-corrected chi connectivity index (χ4v) is 3.97. The van der Waals surface area contributed by atoms with Crippen molar-refractivity contribution >= 4 is 15.9 Å². The summed E-state index contributed by atoms with van der Waals surface area (Å²) < 4.78 is 41.2. The van der Waals surface area contributed by atoms with Crippen molar-refractivity contribution in [3.05, 3.63) is 83.1 Å². The molecule has 2 heterocycles. The van der Waals surface area contributed by atoms with Gasteiger partial charge in [-0.25, -0.2) is 27.5 Å². The van der Waals surface area contributed by atoms with E-state index in [1.54, 1.807) is 43.3 Å². The van der Waals surface area contributed by atoms with Crippen molar-refractivity contribution in [3.63, 3.8) is 0 Å². The Morgan fingerprint density at radius 3 is 2.50 bits per heavy atom. The summed E-state index contributed by atoms with van der Waals surface area (Å²) in [6.07, 6.45) is 1.01. The monoisotopic (exact) mass is 482 g/mol. The first kappa shape index (κ1) is 23.1. The summed E-state index contributed by atoms with van der Waals surface area (Å²) >= 11 is 0. The Labute approximate surface area is 193 Å². The van der Waals surface area contributed by atoms with Gasteiger partial charge in [-0.2, -0.15) is 5.21 Å². The van der Waals surface area contributed by atoms with Crippen LogP contribution in [0.25, 0.3) is 11.4 Å². The minimum absolute atomic E-state index is 0.00427. The fraction of sp³-hybridized carbons (Fsp3) is 0.143. The van der Waals surface area contributed by atoms with Crippen LogP contribution in [0.2, 0.25) is 0 Å². The van der Waals surface area contributed by atoms with E-state index >= 15 is 0 Å². The normalized spacial score (nSPS) is 11.4. The zero-order valence-corrected chi connectivity index (χ0v) is 18.7. The summed E-state index contributed by atoms with van der Waals surface area (Å²) in [6, 6.07) is 12.5. The number of tetrazole rings is 1. The topological polar surface area (TPSA) is 156 Å². The first-order valence-corrected chi connectivity index (χ1v) is 11.5. The summed E-state index contributed by atoms with van der Waals surface area (Å²) in [5.74, 6) is -0.498. The molecule has 1 amide bonds. The largest absolute Gasteiger partial charge is 0.347 e. The number of rotatable bonds is 8. The van der Waals surface area contributed by atoms with E-state index in [0.717, 1.165) is 18.0 Å². The molecule has 0 saturated heterocycles. The molecule has 0 aliphatic heterocycles. The van der Waals surface area contributed by atoms with Gasteiger partial charge in [0.05, 0.1) is 0 Å². The van der Waals surface area contributed by atoms with Crippen LogP contribution in [0.15, 0.2) is 59.9 Å². The van der Waals surface area contributed by atoms with Crippen molar-refractivity contribution in [2.75, 3.05) is 0 Å². The molecule has 34 heavy (non-hydrogen) atoms. The van der Waals surface area contributed by atoms with Crippen molar-refractivity contribution in [1.82, 2.24) is 40.6 Å². The lowest BCUT2D eigenvalue weighted by Gasteiger charge is -2.09. The van der Waals surface area contributed by atoms with Crippen molar-refractivity contribution in [1.29, 1.82) is 0 Å². The van der Waals surface area contributed by atoms with Crippen LogP contribution in [-0.2, 0) is 23.1 Å². The molecule has 2 aromatic heterocycles. The summed E-state index contributed by atoms with van der Waals surface area (Å²) in [5, 5.41) is 15.9. The predicted octanol–water partition coefficient (Wildman–Crippen LogP) is 1.51. The lowest BCUT2D eigenvalue weighted by molar-refractivity contribution is 0.0945. The van der Waals surface area contributed by atoms with Gasteiger partial charge in [0.15, 0.2) is 5.03 Å². The molecular weight excluding hydrogens is 463 g/mol. The van der Waals surface area contributed by atoms with Crippen LogP contribution in [0.3, 0.4) is 0 Å². The molecule has 0 bridgehead atoms. The Morgan fingerprint density at radius 2 is 1.79 bits per heavy atom. The smallest absolute Gasteiger partial charge is 0.270 e. The highest BCUT2D eigenvalue weighted by molar-refractivity contribution is 7.89. The SMILES string of the molecule is Cc1cc(CNC(=O)c2cc(S(=O)(=O)NCc3ccc(-c4nn[nH]n4)cc3)ncn2)ccc1F. The van der Waals surface area contributed by atoms with E-state index < -0.39 is 15.9 Å². The molecular formula is C21H19FN8O3S. The Morgan fingerprint density at radius 1 is 1.03 bits per heavy atom. The molecule has 13 heteroatoms. The minimum Gasteiger partial charge on any atom is -0.347 e. The average molecular weight is 483 g/mol. The van der Waals surface area contributed by atoms with Crippen molar-refractivity contribution in [2.45, 2.75) is 25.0 Å². The van der Waals surface area contributed by atoms with Crippen molar-refractivity contribution < 1.29 is 17.6 Å². The van der Waals surface area contributed by atoms with Gasteiger partial charge in [0.2, 0.25) is 5.82 Å².